The molecule has 1 aromatic heterocycles. The van der Waals surface area contributed by atoms with Crippen molar-refractivity contribution < 1.29 is 0 Å². The second-order valence-electron chi connectivity index (χ2n) is 6.87. The third-order valence-corrected chi connectivity index (χ3v) is 5.22. The van der Waals surface area contributed by atoms with Gasteiger partial charge in [-0.3, -0.25) is 4.68 Å². The van der Waals surface area contributed by atoms with Crippen molar-refractivity contribution in [2.24, 2.45) is 17.8 Å². The Labute approximate surface area is 166 Å². The molecule has 0 aliphatic heterocycles. The number of hydrogen-bond acceptors (Lipinski definition) is 2. The number of anilines is 1. The van der Waals surface area contributed by atoms with Crippen LogP contribution in [0.2, 0.25) is 0 Å². The number of nitrogens with one attached hydrogen (secondary N) is 1. The fraction of sp³-hybridized carbons (Fsp3) is 0.474. The van der Waals surface area contributed by atoms with Gasteiger partial charge in [-0.15, -0.1) is 24.0 Å². The molecule has 6 heteroatoms. The van der Waals surface area contributed by atoms with Crippen LogP contribution in [-0.2, 0) is 39.3 Å². The van der Waals surface area contributed by atoms with E-state index >= 15 is 0 Å². The number of aromatic nitrogens is 2. The second kappa shape index (κ2) is 7.76. The quantitative estimate of drug-likeness (QED) is 0.428. The van der Waals surface area contributed by atoms with Crippen LogP contribution in [0.1, 0.15) is 47.3 Å². The molecule has 0 spiro atoms. The first-order chi connectivity index (χ1) is 11.7. The Balaban J connectivity index is 0.00000182. The van der Waals surface area contributed by atoms with Gasteiger partial charge in [-0.1, -0.05) is 6.07 Å². The molecule has 25 heavy (non-hydrogen) atoms. The number of aliphatic imine (C=N–C) groups is 1. The van der Waals surface area contributed by atoms with Gasteiger partial charge < -0.3 is 11.1 Å². The Morgan fingerprint density at radius 2 is 1.96 bits per heavy atom. The number of fused-ring (bicyclic) bond motifs is 2. The summed E-state index contributed by atoms with van der Waals surface area (Å²) in [5.41, 5.74) is 13.9. The maximum absolute atomic E-state index is 6.10. The fourth-order valence-electron chi connectivity index (χ4n) is 3.94. The Kier molecular flexibility index (Phi) is 5.66. The van der Waals surface area contributed by atoms with E-state index < -0.39 is 0 Å². The molecule has 0 bridgehead atoms. The highest BCUT2D eigenvalue weighted by Crippen LogP contribution is 2.25. The molecule has 0 saturated carbocycles. The highest BCUT2D eigenvalue weighted by atomic mass is 127. The standard InChI is InChI=1S/C19H25N5.HI/c1-24-18(16-7-2-3-8-17(16)23-24)12-21-19(20)22-15-10-9-13-5-4-6-14(13)11-15;/h9-11H,2-8,12H2,1H3,(H3,20,21,22);1H. The maximum Gasteiger partial charge on any atom is 0.193 e. The molecule has 5 nitrogen and oxygen atoms in total. The summed E-state index contributed by atoms with van der Waals surface area (Å²) < 4.78 is 1.97. The number of guanidine groups is 1. The van der Waals surface area contributed by atoms with E-state index in [1.165, 1.54) is 60.2 Å². The van der Waals surface area contributed by atoms with Crippen molar-refractivity contribution in [3.05, 3.63) is 46.3 Å². The summed E-state index contributed by atoms with van der Waals surface area (Å²) in [6, 6.07) is 6.50. The molecule has 0 radical (unpaired) electrons. The number of halogens is 1. The van der Waals surface area contributed by atoms with Gasteiger partial charge >= 0.3 is 0 Å². The summed E-state index contributed by atoms with van der Waals surface area (Å²) in [6.07, 6.45) is 8.33. The van der Waals surface area contributed by atoms with E-state index in [-0.39, 0.29) is 24.0 Å². The molecular formula is C19H26IN5. The van der Waals surface area contributed by atoms with Gasteiger partial charge in [0.1, 0.15) is 0 Å². The lowest BCUT2D eigenvalue weighted by molar-refractivity contribution is 0.663. The van der Waals surface area contributed by atoms with E-state index in [1.807, 2.05) is 11.7 Å². The number of nitrogens with zero attached hydrogens (tertiary/aromatic N) is 3. The van der Waals surface area contributed by atoms with Gasteiger partial charge in [-0.2, -0.15) is 5.10 Å². The average molecular weight is 451 g/mol. The zero-order valence-corrected chi connectivity index (χ0v) is 17.0. The summed E-state index contributed by atoms with van der Waals surface area (Å²) in [5, 5.41) is 7.87. The van der Waals surface area contributed by atoms with E-state index in [9.17, 15) is 0 Å². The van der Waals surface area contributed by atoms with Crippen LogP contribution in [0.25, 0.3) is 0 Å². The Morgan fingerprint density at radius 3 is 2.84 bits per heavy atom. The van der Waals surface area contributed by atoms with E-state index in [0.717, 1.165) is 18.5 Å². The van der Waals surface area contributed by atoms with Gasteiger partial charge in [0, 0.05) is 12.7 Å². The Hall–Kier alpha value is -1.57. The summed E-state index contributed by atoms with van der Waals surface area (Å²) in [5.74, 6) is 0.471. The van der Waals surface area contributed by atoms with Crippen molar-refractivity contribution in [3.63, 3.8) is 0 Å². The average Bonchev–Trinajstić information content (AvgIpc) is 3.16. The van der Waals surface area contributed by atoms with Gasteiger partial charge in [0.2, 0.25) is 0 Å². The minimum absolute atomic E-state index is 0. The largest absolute Gasteiger partial charge is 0.370 e. The minimum Gasteiger partial charge on any atom is -0.370 e. The van der Waals surface area contributed by atoms with Crippen LogP contribution in [0, 0.1) is 0 Å². The van der Waals surface area contributed by atoms with Crippen LogP contribution in [0.4, 0.5) is 5.69 Å². The predicted octanol–water partition coefficient (Wildman–Crippen LogP) is 3.33. The maximum atomic E-state index is 6.10. The van der Waals surface area contributed by atoms with Gasteiger partial charge in [-0.25, -0.2) is 4.99 Å². The van der Waals surface area contributed by atoms with Crippen LogP contribution in [0.15, 0.2) is 23.2 Å². The summed E-state index contributed by atoms with van der Waals surface area (Å²) >= 11 is 0. The fourth-order valence-corrected chi connectivity index (χ4v) is 3.94. The summed E-state index contributed by atoms with van der Waals surface area (Å²) in [4.78, 5) is 4.55. The lowest BCUT2D eigenvalue weighted by Crippen LogP contribution is -2.23. The smallest absolute Gasteiger partial charge is 0.193 e. The lowest BCUT2D eigenvalue weighted by Gasteiger charge is -2.11. The van der Waals surface area contributed by atoms with E-state index in [4.69, 9.17) is 5.73 Å². The molecular weight excluding hydrogens is 425 g/mol. The Bertz CT molecular complexity index is 793. The number of nitrogens with two attached hydrogens (primary N) is 1. The third-order valence-electron chi connectivity index (χ3n) is 5.22. The normalized spacial score (nSPS) is 16.1. The number of benzene rings is 1. The van der Waals surface area contributed by atoms with Gasteiger partial charge in [0.25, 0.3) is 0 Å². The molecule has 4 rings (SSSR count). The van der Waals surface area contributed by atoms with E-state index in [1.54, 1.807) is 0 Å². The van der Waals surface area contributed by atoms with Crippen LogP contribution in [0.3, 0.4) is 0 Å². The first kappa shape index (κ1) is 18.2. The molecule has 134 valence electrons. The monoisotopic (exact) mass is 451 g/mol. The highest BCUT2D eigenvalue weighted by Gasteiger charge is 2.18. The molecule has 2 aromatic rings. The lowest BCUT2D eigenvalue weighted by atomic mass is 9.96. The van der Waals surface area contributed by atoms with Crippen molar-refractivity contribution in [1.82, 2.24) is 9.78 Å². The number of rotatable bonds is 3. The molecule has 0 unspecified atom stereocenters. The van der Waals surface area contributed by atoms with Crippen molar-refractivity contribution in [2.75, 3.05) is 5.32 Å². The first-order valence-corrected chi connectivity index (χ1v) is 8.93. The molecule has 3 N–H and O–H groups in total. The minimum atomic E-state index is 0. The highest BCUT2D eigenvalue weighted by molar-refractivity contribution is 14.0. The van der Waals surface area contributed by atoms with Crippen LogP contribution >= 0.6 is 24.0 Å². The third kappa shape index (κ3) is 3.83. The number of aryl methyl sites for hydroxylation is 4. The van der Waals surface area contributed by atoms with Crippen LogP contribution < -0.4 is 11.1 Å². The van der Waals surface area contributed by atoms with Crippen molar-refractivity contribution >= 4 is 35.6 Å². The van der Waals surface area contributed by atoms with Gasteiger partial charge in [0.15, 0.2) is 5.96 Å². The molecule has 2 aliphatic carbocycles. The van der Waals surface area contributed by atoms with E-state index in [0.29, 0.717) is 12.5 Å². The molecule has 0 fully saturated rings. The van der Waals surface area contributed by atoms with Gasteiger partial charge in [-0.05, 0) is 73.8 Å². The zero-order chi connectivity index (χ0) is 16.5. The SMILES string of the molecule is Cn1nc2c(c1CN=C(N)Nc1ccc3c(c1)CCC3)CCCC2.I. The topological polar surface area (TPSA) is 68.2 Å². The summed E-state index contributed by atoms with van der Waals surface area (Å²) in [7, 11) is 2.01. The molecule has 1 aromatic carbocycles. The molecule has 2 aliphatic rings. The molecule has 0 saturated heterocycles. The Morgan fingerprint density at radius 1 is 1.16 bits per heavy atom. The first-order valence-electron chi connectivity index (χ1n) is 8.93. The molecule has 1 heterocycles. The van der Waals surface area contributed by atoms with Crippen LogP contribution in [-0.4, -0.2) is 15.7 Å². The van der Waals surface area contributed by atoms with Crippen LogP contribution in [0.5, 0.6) is 0 Å². The molecule has 0 atom stereocenters. The zero-order valence-electron chi connectivity index (χ0n) is 14.7. The predicted molar refractivity (Wildman–Crippen MR) is 113 cm³/mol. The summed E-state index contributed by atoms with van der Waals surface area (Å²) in [6.45, 7) is 0.586. The van der Waals surface area contributed by atoms with Gasteiger partial charge in [0.05, 0.1) is 17.9 Å². The van der Waals surface area contributed by atoms with Crippen molar-refractivity contribution in [3.8, 4) is 0 Å². The van der Waals surface area contributed by atoms with Crippen molar-refractivity contribution in [1.29, 1.82) is 0 Å². The van der Waals surface area contributed by atoms with Crippen molar-refractivity contribution in [2.45, 2.75) is 51.5 Å². The van der Waals surface area contributed by atoms with E-state index in [2.05, 4.69) is 33.6 Å². The molecule has 0 amide bonds. The second-order valence-corrected chi connectivity index (χ2v) is 6.87. The number of hydrogen-bond donors (Lipinski definition) is 2.